The molecule has 18 nitrogen and oxygen atoms in total. The maximum atomic E-state index is 13.3. The fraction of sp³-hybridized carbons (Fsp3) is 0.444. The lowest BCUT2D eigenvalue weighted by atomic mass is 9.92. The summed E-state index contributed by atoms with van der Waals surface area (Å²) in [6.07, 6.45) is -2.15. The van der Waals surface area contributed by atoms with Crippen LogP contribution in [-0.4, -0.2) is 87.8 Å². The number of fused-ring (bicyclic) bond motifs is 1. The van der Waals surface area contributed by atoms with E-state index in [1.54, 1.807) is 0 Å². The van der Waals surface area contributed by atoms with Crippen molar-refractivity contribution in [3.8, 4) is 0 Å². The van der Waals surface area contributed by atoms with Gasteiger partial charge in [0.2, 0.25) is 17.1 Å². The number of esters is 1. The largest absolute Gasteiger partial charge is 0.433 e. The molecule has 0 amide bonds. The van der Waals surface area contributed by atoms with Crippen LogP contribution in [0.15, 0.2) is 24.3 Å². The fourth-order valence-electron chi connectivity index (χ4n) is 2.98. The predicted molar refractivity (Wildman–Crippen MR) is 118 cm³/mol. The molecule has 1 aliphatic rings. The number of carbonyl (C=O) groups excluding carboxylic acids is 4. The summed E-state index contributed by atoms with van der Waals surface area (Å²) in [4.78, 5) is 56.8. The summed E-state index contributed by atoms with van der Waals surface area (Å²) < 4.78 is 5.04. The molecule has 18 heteroatoms. The zero-order chi connectivity index (χ0) is 27.5. The van der Waals surface area contributed by atoms with Crippen LogP contribution in [0.3, 0.4) is 0 Å². The van der Waals surface area contributed by atoms with Crippen LogP contribution in [0.4, 0.5) is 0 Å². The Kier molecular flexibility index (Phi) is 8.58. The second-order valence-corrected chi connectivity index (χ2v) is 8.19. The quantitative estimate of drug-likeness (QED) is 0.0531. The van der Waals surface area contributed by atoms with Gasteiger partial charge in [0.05, 0.1) is 19.6 Å². The number of nitrogens with two attached hydrogens (primary N) is 6. The number of ether oxygens (including phenoxy) is 1. The van der Waals surface area contributed by atoms with E-state index < -0.39 is 72.5 Å². The number of hydrogen-bond acceptors (Lipinski definition) is 18. The first-order chi connectivity index (χ1) is 16.4. The van der Waals surface area contributed by atoms with Crippen LogP contribution >= 0.6 is 0 Å². The molecule has 0 bridgehead atoms. The van der Waals surface area contributed by atoms with Gasteiger partial charge in [0.1, 0.15) is 0 Å². The maximum absolute atomic E-state index is 13.3. The topological polar surface area (TPSA) is 340 Å². The van der Waals surface area contributed by atoms with Crippen LogP contribution in [0.1, 0.15) is 20.7 Å². The first kappa shape index (κ1) is 29.3. The van der Waals surface area contributed by atoms with Crippen LogP contribution < -0.4 is 50.5 Å². The van der Waals surface area contributed by atoms with Crippen molar-refractivity contribution in [2.24, 2.45) is 34.4 Å². The highest BCUT2D eigenvalue weighted by Crippen LogP contribution is 2.31. The van der Waals surface area contributed by atoms with Gasteiger partial charge in [-0.2, -0.15) is 0 Å². The van der Waals surface area contributed by atoms with Gasteiger partial charge in [0, 0.05) is 11.1 Å². The summed E-state index contributed by atoms with van der Waals surface area (Å²) in [7, 11) is 0. The molecule has 1 atom stereocenters. The number of ketones is 2. The molecule has 1 aromatic carbocycles. The Morgan fingerprint density at radius 1 is 0.861 bits per heavy atom. The van der Waals surface area contributed by atoms with Crippen molar-refractivity contribution in [3.05, 3.63) is 35.4 Å². The SMILES string of the molecule is NC(N)(O)CNOC(=O)C(NCC(N)(N)O)OC(=O)C1(NCC(N)(N)O)C(=O)c2ccccc2C1=O. The van der Waals surface area contributed by atoms with E-state index in [0.29, 0.717) is 0 Å². The van der Waals surface area contributed by atoms with Gasteiger partial charge in [-0.25, -0.2) is 9.59 Å². The van der Waals surface area contributed by atoms with Gasteiger partial charge in [-0.05, 0) is 0 Å². The summed E-state index contributed by atoms with van der Waals surface area (Å²) in [5.74, 6) is -12.4. The lowest BCUT2D eigenvalue weighted by Crippen LogP contribution is -2.68. The van der Waals surface area contributed by atoms with Crippen molar-refractivity contribution in [2.45, 2.75) is 29.3 Å². The van der Waals surface area contributed by atoms with Crippen LogP contribution in [0, 0.1) is 0 Å². The first-order valence-electron chi connectivity index (χ1n) is 10.1. The average molecular weight is 515 g/mol. The van der Waals surface area contributed by atoms with E-state index >= 15 is 0 Å². The Morgan fingerprint density at radius 3 is 1.78 bits per heavy atom. The van der Waals surface area contributed by atoms with E-state index in [0.717, 1.165) is 0 Å². The Bertz CT molecular complexity index is 980. The molecule has 200 valence electrons. The minimum absolute atomic E-state index is 0.165. The molecule has 0 spiro atoms. The number of hydroxylamine groups is 1. The highest BCUT2D eigenvalue weighted by molar-refractivity contribution is 6.42. The minimum atomic E-state index is -2.82. The first-order valence-corrected chi connectivity index (χ1v) is 10.1. The zero-order valence-corrected chi connectivity index (χ0v) is 18.8. The monoisotopic (exact) mass is 515 g/mol. The van der Waals surface area contributed by atoms with E-state index in [2.05, 4.69) is 15.5 Å². The number of rotatable bonds is 12. The third-order valence-corrected chi connectivity index (χ3v) is 4.58. The fourth-order valence-corrected chi connectivity index (χ4v) is 2.98. The molecule has 0 aliphatic heterocycles. The summed E-state index contributed by atoms with van der Waals surface area (Å²) in [5.41, 5.74) is 30.1. The van der Waals surface area contributed by atoms with Gasteiger partial charge in [0.15, 0.2) is 17.5 Å². The Labute approximate surface area is 203 Å². The Morgan fingerprint density at radius 2 is 1.33 bits per heavy atom. The van der Waals surface area contributed by atoms with Gasteiger partial charge in [-0.3, -0.25) is 54.6 Å². The Hall–Kier alpha value is -2.98. The summed E-state index contributed by atoms with van der Waals surface area (Å²) in [5, 5.41) is 32.9. The number of carbonyl (C=O) groups is 4. The van der Waals surface area contributed by atoms with Gasteiger partial charge in [0.25, 0.3) is 6.23 Å². The smallest absolute Gasteiger partial charge is 0.381 e. The number of Topliss-reactive ketones (excluding diaryl/α,β-unsaturated/α-hetero) is 2. The summed E-state index contributed by atoms with van der Waals surface area (Å²) in [6, 6.07) is 5.39. The minimum Gasteiger partial charge on any atom is -0.433 e. The predicted octanol–water partition coefficient (Wildman–Crippen LogP) is -7.41. The highest BCUT2D eigenvalue weighted by atomic mass is 16.7. The standard InChI is InChI=1S/C18H29N9O9/c19-15(20,32)5-25-12(13(30)36-27-7-17(23,24)34)35-14(31)18(26-6-16(21,22)33)10(28)8-3-1-2-4-9(8)11(18)29/h1-4,12,25-27,32-34H,5-7,19-24H2. The van der Waals surface area contributed by atoms with Crippen molar-refractivity contribution < 1.29 is 44.1 Å². The van der Waals surface area contributed by atoms with E-state index in [1.165, 1.54) is 24.3 Å². The second kappa shape index (κ2) is 10.6. The van der Waals surface area contributed by atoms with Crippen molar-refractivity contribution >= 4 is 23.5 Å². The molecular weight excluding hydrogens is 486 g/mol. The molecule has 0 aromatic heterocycles. The normalized spacial score (nSPS) is 16.5. The summed E-state index contributed by atoms with van der Waals surface area (Å²) >= 11 is 0. The average Bonchev–Trinajstić information content (AvgIpc) is 2.95. The van der Waals surface area contributed by atoms with E-state index in [9.17, 15) is 34.5 Å². The van der Waals surface area contributed by atoms with Crippen molar-refractivity contribution in [1.82, 2.24) is 16.1 Å². The van der Waals surface area contributed by atoms with E-state index in [4.69, 9.17) is 39.1 Å². The van der Waals surface area contributed by atoms with Crippen LogP contribution in [0.25, 0.3) is 0 Å². The molecule has 0 radical (unpaired) electrons. The number of nitrogens with one attached hydrogen (secondary N) is 3. The highest BCUT2D eigenvalue weighted by Gasteiger charge is 2.61. The van der Waals surface area contributed by atoms with Crippen molar-refractivity contribution in [1.29, 1.82) is 0 Å². The number of β-amino-alcohol motifs (C(OH)–C–C–N with tert-alkyl or cyclic N) is 1. The third-order valence-electron chi connectivity index (χ3n) is 4.58. The summed E-state index contributed by atoms with van der Waals surface area (Å²) in [6.45, 7) is -2.30. The molecule has 0 heterocycles. The van der Waals surface area contributed by atoms with Crippen LogP contribution in [0.5, 0.6) is 0 Å². The molecular formula is C18H29N9O9. The number of aliphatic hydroxyl groups is 3. The molecule has 1 aromatic rings. The molecule has 2 rings (SSSR count). The van der Waals surface area contributed by atoms with Gasteiger partial charge in [-0.15, -0.1) is 5.48 Å². The molecule has 36 heavy (non-hydrogen) atoms. The van der Waals surface area contributed by atoms with Crippen molar-refractivity contribution in [2.75, 3.05) is 19.6 Å². The zero-order valence-electron chi connectivity index (χ0n) is 18.8. The van der Waals surface area contributed by atoms with Crippen molar-refractivity contribution in [3.63, 3.8) is 0 Å². The molecule has 1 aliphatic carbocycles. The van der Waals surface area contributed by atoms with E-state index in [-0.39, 0.29) is 11.1 Å². The van der Waals surface area contributed by atoms with E-state index in [1.807, 2.05) is 5.48 Å². The van der Waals surface area contributed by atoms with Crippen LogP contribution in [-0.2, 0) is 19.2 Å². The second-order valence-electron chi connectivity index (χ2n) is 8.19. The van der Waals surface area contributed by atoms with Gasteiger partial charge < -0.3 is 24.9 Å². The molecule has 1 unspecified atom stereocenters. The van der Waals surface area contributed by atoms with Gasteiger partial charge >= 0.3 is 11.9 Å². The molecule has 0 saturated carbocycles. The Balaban J connectivity index is 2.37. The number of hydrogen-bond donors (Lipinski definition) is 12. The third kappa shape index (κ3) is 7.27. The lowest BCUT2D eigenvalue weighted by molar-refractivity contribution is -0.179. The molecule has 0 fully saturated rings. The van der Waals surface area contributed by atoms with Gasteiger partial charge in [-0.1, -0.05) is 24.3 Å². The lowest BCUT2D eigenvalue weighted by Gasteiger charge is -2.30. The number of benzene rings is 1. The molecule has 18 N–H and O–H groups in total. The maximum Gasteiger partial charge on any atom is 0.381 e. The van der Waals surface area contributed by atoms with Crippen LogP contribution in [0.2, 0.25) is 0 Å². The molecule has 0 saturated heterocycles.